The minimum Gasteiger partial charge on any atom is -0.381 e. The monoisotopic (exact) mass is 331 g/mol. The Balaban J connectivity index is 1.63. The fourth-order valence-corrected chi connectivity index (χ4v) is 4.16. The van der Waals surface area contributed by atoms with Crippen LogP contribution in [0.3, 0.4) is 0 Å². The summed E-state index contributed by atoms with van der Waals surface area (Å²) in [4.78, 5) is 15.0. The molecule has 2 aliphatic rings. The maximum Gasteiger partial charge on any atom is 0.254 e. The molecule has 0 radical (unpaired) electrons. The minimum absolute atomic E-state index is 0.00109. The molecule has 1 saturated heterocycles. The Morgan fingerprint density at radius 3 is 3.04 bits per heavy atom. The van der Waals surface area contributed by atoms with Crippen LogP contribution in [0.15, 0.2) is 18.3 Å². The summed E-state index contributed by atoms with van der Waals surface area (Å²) in [6, 6.07) is 3.53. The van der Waals surface area contributed by atoms with Crippen molar-refractivity contribution in [3.63, 3.8) is 0 Å². The third kappa shape index (κ3) is 2.29. The van der Waals surface area contributed by atoms with E-state index in [9.17, 15) is 4.79 Å². The molecule has 0 N–H and O–H groups in total. The molecule has 8 heteroatoms. The molecule has 0 aromatic carbocycles. The van der Waals surface area contributed by atoms with Crippen LogP contribution >= 0.6 is 0 Å². The van der Waals surface area contributed by atoms with Crippen LogP contribution in [-0.4, -0.2) is 69.4 Å². The fourth-order valence-electron chi connectivity index (χ4n) is 4.16. The third-order valence-corrected chi connectivity index (χ3v) is 5.58. The Hall–Kier alpha value is -2.06. The van der Waals surface area contributed by atoms with Gasteiger partial charge in [0, 0.05) is 32.5 Å². The van der Waals surface area contributed by atoms with Crippen molar-refractivity contribution in [2.75, 3.05) is 20.8 Å². The van der Waals surface area contributed by atoms with Crippen molar-refractivity contribution in [2.45, 2.75) is 43.4 Å². The van der Waals surface area contributed by atoms with Gasteiger partial charge in [0.15, 0.2) is 5.65 Å². The van der Waals surface area contributed by atoms with Crippen LogP contribution in [0, 0.1) is 0 Å². The van der Waals surface area contributed by atoms with Crippen LogP contribution < -0.4 is 0 Å². The van der Waals surface area contributed by atoms with E-state index in [4.69, 9.17) is 9.47 Å². The maximum atomic E-state index is 13.1. The molecule has 0 bridgehead atoms. The van der Waals surface area contributed by atoms with Gasteiger partial charge in [-0.2, -0.15) is 0 Å². The van der Waals surface area contributed by atoms with Crippen molar-refractivity contribution < 1.29 is 14.3 Å². The normalized spacial score (nSPS) is 29.8. The number of rotatable bonds is 3. The largest absolute Gasteiger partial charge is 0.381 e. The number of likely N-dealkylation sites (tertiary alicyclic amines) is 1. The standard InChI is InChI=1S/C16H21N5O3/c1-23-12-3-5-16(24-2)6-8-20(13(16)10-12)15(22)11-4-7-21-14(9-11)17-18-19-21/h4,7,9,12-13H,3,5-6,8,10H2,1-2H3/t12-,13-,16+/m0/s1. The number of carbonyl (C=O) groups is 1. The van der Waals surface area contributed by atoms with Gasteiger partial charge in [0.1, 0.15) is 0 Å². The summed E-state index contributed by atoms with van der Waals surface area (Å²) < 4.78 is 13.0. The lowest BCUT2D eigenvalue weighted by Crippen LogP contribution is -2.53. The zero-order valence-electron chi connectivity index (χ0n) is 13.9. The first-order chi connectivity index (χ1) is 11.7. The van der Waals surface area contributed by atoms with Gasteiger partial charge in [-0.15, -0.1) is 5.10 Å². The molecule has 2 fully saturated rings. The fraction of sp³-hybridized carbons (Fsp3) is 0.625. The lowest BCUT2D eigenvalue weighted by atomic mass is 9.79. The van der Waals surface area contributed by atoms with Crippen molar-refractivity contribution in [3.05, 3.63) is 23.9 Å². The number of aromatic nitrogens is 4. The van der Waals surface area contributed by atoms with Crippen LogP contribution in [-0.2, 0) is 9.47 Å². The van der Waals surface area contributed by atoms with Crippen molar-refractivity contribution >= 4 is 11.6 Å². The van der Waals surface area contributed by atoms with Crippen LogP contribution in [0.5, 0.6) is 0 Å². The van der Waals surface area contributed by atoms with Gasteiger partial charge >= 0.3 is 0 Å². The second kappa shape index (κ2) is 5.78. The summed E-state index contributed by atoms with van der Waals surface area (Å²) in [7, 11) is 3.49. The van der Waals surface area contributed by atoms with Gasteiger partial charge in [0.05, 0.1) is 17.7 Å². The smallest absolute Gasteiger partial charge is 0.254 e. The third-order valence-electron chi connectivity index (χ3n) is 5.58. The molecule has 0 spiro atoms. The molecule has 24 heavy (non-hydrogen) atoms. The Bertz CT molecular complexity index is 763. The molecule has 3 atom stereocenters. The zero-order chi connectivity index (χ0) is 16.7. The Morgan fingerprint density at radius 2 is 2.25 bits per heavy atom. The number of hydrogen-bond donors (Lipinski definition) is 0. The number of hydrogen-bond acceptors (Lipinski definition) is 6. The van der Waals surface area contributed by atoms with Gasteiger partial charge in [-0.3, -0.25) is 4.79 Å². The summed E-state index contributed by atoms with van der Waals surface area (Å²) in [6.07, 6.45) is 5.45. The molecule has 8 nitrogen and oxygen atoms in total. The van der Waals surface area contributed by atoms with Crippen molar-refractivity contribution in [1.29, 1.82) is 0 Å². The van der Waals surface area contributed by atoms with Crippen LogP contribution in [0.25, 0.3) is 5.65 Å². The van der Waals surface area contributed by atoms with Crippen molar-refractivity contribution in [1.82, 2.24) is 24.9 Å². The van der Waals surface area contributed by atoms with E-state index < -0.39 is 0 Å². The lowest BCUT2D eigenvalue weighted by molar-refractivity contribution is -0.0893. The predicted octanol–water partition coefficient (Wildman–Crippen LogP) is 0.923. The van der Waals surface area contributed by atoms with Gasteiger partial charge < -0.3 is 14.4 Å². The zero-order valence-corrected chi connectivity index (χ0v) is 13.9. The van der Waals surface area contributed by atoms with Crippen molar-refractivity contribution in [2.24, 2.45) is 0 Å². The molecule has 2 aromatic heterocycles. The molecule has 0 unspecified atom stereocenters. The molecule has 1 aliphatic carbocycles. The molecule has 4 rings (SSSR count). The number of nitrogens with zero attached hydrogens (tertiary/aromatic N) is 5. The van der Waals surface area contributed by atoms with Crippen molar-refractivity contribution in [3.8, 4) is 0 Å². The average molecular weight is 331 g/mol. The number of amides is 1. The van der Waals surface area contributed by atoms with E-state index in [1.54, 1.807) is 37.1 Å². The second-order valence-corrected chi connectivity index (χ2v) is 6.56. The van der Waals surface area contributed by atoms with Crippen LogP contribution in [0.1, 0.15) is 36.0 Å². The molecule has 3 heterocycles. The number of ether oxygens (including phenoxy) is 2. The summed E-state index contributed by atoms with van der Waals surface area (Å²) in [5.41, 5.74) is 0.922. The number of pyridine rings is 1. The van der Waals surface area contributed by atoms with Gasteiger partial charge in [0.25, 0.3) is 5.91 Å². The Labute approximate surface area is 139 Å². The molecule has 1 amide bonds. The van der Waals surface area contributed by atoms with Gasteiger partial charge in [-0.25, -0.2) is 4.52 Å². The lowest BCUT2D eigenvalue weighted by Gasteiger charge is -2.43. The summed E-state index contributed by atoms with van der Waals surface area (Å²) >= 11 is 0. The summed E-state index contributed by atoms with van der Waals surface area (Å²) in [6.45, 7) is 0.698. The summed E-state index contributed by atoms with van der Waals surface area (Å²) in [5.74, 6) is 0.00109. The topological polar surface area (TPSA) is 81.9 Å². The van der Waals surface area contributed by atoms with E-state index in [1.807, 2.05) is 4.90 Å². The van der Waals surface area contributed by atoms with Gasteiger partial charge in [-0.1, -0.05) is 0 Å². The molecular weight excluding hydrogens is 310 g/mol. The average Bonchev–Trinajstić information content (AvgIpc) is 3.24. The maximum absolute atomic E-state index is 13.1. The Morgan fingerprint density at radius 1 is 1.38 bits per heavy atom. The van der Waals surface area contributed by atoms with Gasteiger partial charge in [0.2, 0.25) is 0 Å². The SMILES string of the molecule is CO[C@H]1CC[C@@]2(OC)CCN(C(=O)c3ccn4nnnc4c3)[C@H]2C1. The first-order valence-corrected chi connectivity index (χ1v) is 8.23. The van der Waals surface area contributed by atoms with Crippen LogP contribution in [0.2, 0.25) is 0 Å². The van der Waals surface area contributed by atoms with E-state index in [-0.39, 0.29) is 23.7 Å². The highest BCUT2D eigenvalue weighted by Crippen LogP contribution is 2.43. The summed E-state index contributed by atoms with van der Waals surface area (Å²) in [5, 5.41) is 11.3. The highest BCUT2D eigenvalue weighted by molar-refractivity contribution is 5.95. The molecule has 128 valence electrons. The minimum atomic E-state index is -0.245. The van der Waals surface area contributed by atoms with Crippen LogP contribution in [0.4, 0.5) is 0 Å². The number of fused-ring (bicyclic) bond motifs is 2. The van der Waals surface area contributed by atoms with Gasteiger partial charge in [-0.05, 0) is 48.2 Å². The molecule has 1 saturated carbocycles. The molecule has 2 aromatic rings. The quantitative estimate of drug-likeness (QED) is 0.832. The van der Waals surface area contributed by atoms with E-state index in [1.165, 1.54) is 0 Å². The first-order valence-electron chi connectivity index (χ1n) is 8.23. The highest BCUT2D eigenvalue weighted by Gasteiger charge is 2.52. The van der Waals surface area contributed by atoms with E-state index in [0.717, 1.165) is 25.7 Å². The van der Waals surface area contributed by atoms with E-state index >= 15 is 0 Å². The van der Waals surface area contributed by atoms with E-state index in [2.05, 4.69) is 15.5 Å². The number of methoxy groups -OCH3 is 2. The number of carbonyl (C=O) groups excluding carboxylic acids is 1. The number of tetrazole rings is 1. The molecule has 1 aliphatic heterocycles. The highest BCUT2D eigenvalue weighted by atomic mass is 16.5. The molecular formula is C16H21N5O3. The Kier molecular flexibility index (Phi) is 3.73. The van der Waals surface area contributed by atoms with E-state index in [0.29, 0.717) is 17.8 Å². The predicted molar refractivity (Wildman–Crippen MR) is 84.6 cm³/mol. The first kappa shape index (κ1) is 15.5. The second-order valence-electron chi connectivity index (χ2n) is 6.56.